The highest BCUT2D eigenvalue weighted by Crippen LogP contribution is 2.18. The van der Waals surface area contributed by atoms with Gasteiger partial charge in [-0.2, -0.15) is 0 Å². The van der Waals surface area contributed by atoms with Crippen molar-refractivity contribution < 1.29 is 13.8 Å². The van der Waals surface area contributed by atoms with Crippen molar-refractivity contribution >= 4 is 18.1 Å². The van der Waals surface area contributed by atoms with E-state index in [4.69, 9.17) is 0 Å². The Labute approximate surface area is 148 Å². The average Bonchev–Trinajstić information content (AvgIpc) is 2.62. The van der Waals surface area contributed by atoms with Gasteiger partial charge in [-0.3, -0.25) is 4.79 Å². The van der Waals surface area contributed by atoms with Crippen LogP contribution in [0.2, 0.25) is 0 Å². The molecule has 0 atom stereocenters. The lowest BCUT2D eigenvalue weighted by atomic mass is 9.95. The van der Waals surface area contributed by atoms with Crippen LogP contribution >= 0.6 is 0 Å². The summed E-state index contributed by atoms with van der Waals surface area (Å²) in [5.41, 5.74) is 2.39. The first-order valence-corrected chi connectivity index (χ1v) is 8.86. The van der Waals surface area contributed by atoms with E-state index in [1.807, 2.05) is 42.1 Å². The lowest BCUT2D eigenvalue weighted by molar-refractivity contribution is -0.673. The Kier molecular flexibility index (Phi) is 5.59. The average molecular weight is 339 g/mol. The second-order valence-corrected chi connectivity index (χ2v) is 6.61. The van der Waals surface area contributed by atoms with Crippen LogP contribution in [0.1, 0.15) is 53.7 Å². The molecule has 1 fully saturated rings. The van der Waals surface area contributed by atoms with Crippen LogP contribution in [0.4, 0.5) is 4.39 Å². The maximum atomic E-state index is 13.0. The van der Waals surface area contributed by atoms with Crippen LogP contribution in [0.5, 0.6) is 0 Å². The Bertz CT molecular complexity index is 762. The fourth-order valence-corrected chi connectivity index (χ4v) is 3.28. The molecule has 1 N–H and O–H groups in total. The lowest BCUT2D eigenvalue weighted by Crippen LogP contribution is -2.40. The summed E-state index contributed by atoms with van der Waals surface area (Å²) in [4.78, 5) is 12.7. The largest absolute Gasteiger partial charge is 0.349 e. The number of carbonyl (C=O) groups is 1. The van der Waals surface area contributed by atoms with Gasteiger partial charge in [-0.15, -0.1) is 0 Å². The molecule has 2 aromatic rings. The van der Waals surface area contributed by atoms with Crippen molar-refractivity contribution in [2.24, 2.45) is 7.05 Å². The van der Waals surface area contributed by atoms with Crippen LogP contribution in [0, 0.1) is 5.82 Å². The number of benzene rings is 1. The highest BCUT2D eigenvalue weighted by molar-refractivity contribution is 5.97. The maximum absolute atomic E-state index is 13.0. The zero-order valence-electron chi connectivity index (χ0n) is 14.5. The Morgan fingerprint density at radius 2 is 1.84 bits per heavy atom. The van der Waals surface area contributed by atoms with Gasteiger partial charge in [-0.25, -0.2) is 8.96 Å². The van der Waals surface area contributed by atoms with Gasteiger partial charge in [0.25, 0.3) is 5.91 Å². The Morgan fingerprint density at radius 1 is 1.12 bits per heavy atom. The smallest absolute Gasteiger partial charge is 0.258 e. The van der Waals surface area contributed by atoms with Crippen molar-refractivity contribution in [2.75, 3.05) is 0 Å². The van der Waals surface area contributed by atoms with Crippen LogP contribution in [0.15, 0.2) is 42.6 Å². The number of nitrogens with one attached hydrogen (secondary N) is 1. The molecule has 1 aliphatic rings. The second-order valence-electron chi connectivity index (χ2n) is 6.61. The second kappa shape index (κ2) is 8.06. The predicted octanol–water partition coefficient (Wildman–Crippen LogP) is 3.88. The minimum atomic E-state index is -0.255. The van der Waals surface area contributed by atoms with E-state index in [1.54, 1.807) is 12.1 Å². The van der Waals surface area contributed by atoms with Gasteiger partial charge >= 0.3 is 0 Å². The minimum absolute atomic E-state index is 0.0261. The summed E-state index contributed by atoms with van der Waals surface area (Å²) in [6.07, 6.45) is 11.5. The number of nitrogens with zero attached hydrogens (tertiary/aromatic N) is 1. The van der Waals surface area contributed by atoms with Gasteiger partial charge in [-0.1, -0.05) is 31.4 Å². The Morgan fingerprint density at radius 3 is 2.56 bits per heavy atom. The molecule has 0 spiro atoms. The minimum Gasteiger partial charge on any atom is -0.349 e. The summed E-state index contributed by atoms with van der Waals surface area (Å²) >= 11 is 0. The molecule has 3 rings (SSSR count). The molecule has 0 saturated heterocycles. The van der Waals surface area contributed by atoms with E-state index in [2.05, 4.69) is 5.32 Å². The number of pyridine rings is 1. The summed E-state index contributed by atoms with van der Waals surface area (Å²) in [7, 11) is 1.92. The fraction of sp³-hybridized carbons (Fsp3) is 0.333. The number of rotatable bonds is 4. The molecule has 25 heavy (non-hydrogen) atoms. The SMILES string of the molecule is C[n+]1cccc(C(=O)NC2CCCCC2)c1/C=C/c1ccc(F)cc1. The number of aryl methyl sites for hydroxylation is 1. The van der Waals surface area contributed by atoms with Gasteiger partial charge in [0.1, 0.15) is 18.4 Å². The fourth-order valence-electron chi connectivity index (χ4n) is 3.28. The molecule has 4 heteroatoms. The molecule has 1 amide bonds. The van der Waals surface area contributed by atoms with Crippen molar-refractivity contribution in [3.63, 3.8) is 0 Å². The van der Waals surface area contributed by atoms with Crippen molar-refractivity contribution in [3.8, 4) is 0 Å². The summed E-state index contributed by atoms with van der Waals surface area (Å²) in [6, 6.07) is 10.3. The topological polar surface area (TPSA) is 33.0 Å². The molecule has 0 radical (unpaired) electrons. The Hall–Kier alpha value is -2.49. The van der Waals surface area contributed by atoms with Gasteiger partial charge in [0.2, 0.25) is 5.69 Å². The van der Waals surface area contributed by atoms with Gasteiger partial charge in [0, 0.05) is 18.2 Å². The monoisotopic (exact) mass is 339 g/mol. The summed E-state index contributed by atoms with van der Waals surface area (Å²) in [6.45, 7) is 0. The summed E-state index contributed by atoms with van der Waals surface area (Å²) < 4.78 is 15.0. The quantitative estimate of drug-likeness (QED) is 0.843. The number of hydrogen-bond acceptors (Lipinski definition) is 1. The number of carbonyl (C=O) groups excluding carboxylic acids is 1. The third-order valence-electron chi connectivity index (χ3n) is 4.72. The van der Waals surface area contributed by atoms with Gasteiger partial charge in [0.05, 0.1) is 0 Å². The molecule has 1 heterocycles. The molecule has 0 aliphatic heterocycles. The zero-order chi connectivity index (χ0) is 17.6. The number of halogens is 1. The molecular weight excluding hydrogens is 315 g/mol. The van der Waals surface area contributed by atoms with E-state index >= 15 is 0 Å². The highest BCUT2D eigenvalue weighted by Gasteiger charge is 2.21. The van der Waals surface area contributed by atoms with Crippen LogP contribution in [-0.4, -0.2) is 11.9 Å². The molecule has 0 bridgehead atoms. The van der Waals surface area contributed by atoms with E-state index in [-0.39, 0.29) is 17.8 Å². The van der Waals surface area contributed by atoms with E-state index in [9.17, 15) is 9.18 Å². The van der Waals surface area contributed by atoms with Crippen LogP contribution in [-0.2, 0) is 7.05 Å². The van der Waals surface area contributed by atoms with Crippen molar-refractivity contribution in [1.29, 1.82) is 0 Å². The molecule has 130 valence electrons. The molecule has 0 unspecified atom stereocenters. The number of hydrogen-bond donors (Lipinski definition) is 1. The molecule has 1 aromatic heterocycles. The predicted molar refractivity (Wildman–Crippen MR) is 97.3 cm³/mol. The van der Waals surface area contributed by atoms with Gasteiger partial charge in [0.15, 0.2) is 6.20 Å². The number of aromatic nitrogens is 1. The molecule has 1 aliphatic carbocycles. The normalized spacial score (nSPS) is 15.4. The molecular formula is C21H24FN2O+. The van der Waals surface area contributed by atoms with Crippen molar-refractivity contribution in [2.45, 2.75) is 38.1 Å². The maximum Gasteiger partial charge on any atom is 0.258 e. The lowest BCUT2D eigenvalue weighted by Gasteiger charge is -2.22. The number of amides is 1. The van der Waals surface area contributed by atoms with Gasteiger partial charge in [-0.05, 0) is 42.7 Å². The molecule has 1 saturated carbocycles. The highest BCUT2D eigenvalue weighted by atomic mass is 19.1. The first kappa shape index (κ1) is 17.3. The Balaban J connectivity index is 1.81. The first-order chi connectivity index (χ1) is 12.1. The van der Waals surface area contributed by atoms with E-state index in [0.717, 1.165) is 24.1 Å². The van der Waals surface area contributed by atoms with E-state index in [0.29, 0.717) is 5.56 Å². The van der Waals surface area contributed by atoms with Gasteiger partial charge < -0.3 is 5.32 Å². The third-order valence-corrected chi connectivity index (χ3v) is 4.72. The van der Waals surface area contributed by atoms with Crippen LogP contribution < -0.4 is 9.88 Å². The summed E-state index contributed by atoms with van der Waals surface area (Å²) in [5.74, 6) is -0.281. The van der Waals surface area contributed by atoms with Crippen molar-refractivity contribution in [1.82, 2.24) is 5.32 Å². The zero-order valence-corrected chi connectivity index (χ0v) is 14.5. The standard InChI is InChI=1S/C21H23FN2O/c1-24-15-5-8-19(21(25)23-18-6-3-2-4-7-18)20(24)14-11-16-9-12-17(22)13-10-16/h5,8-15,18H,2-4,6-7H2,1H3/p+1/b14-11+. The first-order valence-electron chi connectivity index (χ1n) is 8.86. The van der Waals surface area contributed by atoms with Crippen LogP contribution in [0.3, 0.4) is 0 Å². The van der Waals surface area contributed by atoms with Crippen molar-refractivity contribution in [3.05, 3.63) is 65.2 Å². The molecule has 1 aromatic carbocycles. The van der Waals surface area contributed by atoms with Crippen LogP contribution in [0.25, 0.3) is 12.2 Å². The van der Waals surface area contributed by atoms with E-state index in [1.165, 1.54) is 31.4 Å². The molecule has 3 nitrogen and oxygen atoms in total. The third kappa shape index (κ3) is 4.53. The van der Waals surface area contributed by atoms with E-state index < -0.39 is 0 Å². The summed E-state index contributed by atoms with van der Waals surface area (Å²) in [5, 5.41) is 3.17.